The molecule has 2 unspecified atom stereocenters. The van der Waals surface area contributed by atoms with Gasteiger partial charge in [0.25, 0.3) is 0 Å². The molecule has 0 spiro atoms. The van der Waals surface area contributed by atoms with Gasteiger partial charge in [-0.2, -0.15) is 0 Å². The molecule has 5 nitrogen and oxygen atoms in total. The van der Waals surface area contributed by atoms with Gasteiger partial charge in [-0.15, -0.1) is 0 Å². The van der Waals surface area contributed by atoms with Gasteiger partial charge in [0.05, 0.1) is 4.92 Å². The molecular weight excluding hydrogens is 250 g/mol. The molecule has 1 fully saturated rings. The van der Waals surface area contributed by atoms with Crippen LogP contribution in [0.4, 0.5) is 5.00 Å². The molecule has 2 heterocycles. The third-order valence-corrected chi connectivity index (χ3v) is 4.62. The van der Waals surface area contributed by atoms with E-state index in [-0.39, 0.29) is 9.92 Å². The van der Waals surface area contributed by atoms with Crippen molar-refractivity contribution in [2.45, 2.75) is 19.4 Å². The van der Waals surface area contributed by atoms with Gasteiger partial charge in [0.1, 0.15) is 0 Å². The van der Waals surface area contributed by atoms with E-state index in [1.54, 1.807) is 6.07 Å². The summed E-state index contributed by atoms with van der Waals surface area (Å²) in [5, 5.41) is 14.4. The topological polar surface area (TPSA) is 58.4 Å². The van der Waals surface area contributed by atoms with Crippen molar-refractivity contribution >= 4 is 16.3 Å². The largest absolute Gasteiger partial charge is 0.324 e. The number of rotatable bonds is 5. The van der Waals surface area contributed by atoms with E-state index in [1.807, 2.05) is 6.07 Å². The van der Waals surface area contributed by atoms with Gasteiger partial charge < -0.3 is 5.32 Å². The van der Waals surface area contributed by atoms with E-state index in [4.69, 9.17) is 0 Å². The molecular formula is C12H19N3O2S. The predicted molar refractivity (Wildman–Crippen MR) is 73.0 cm³/mol. The summed E-state index contributed by atoms with van der Waals surface area (Å²) in [7, 11) is 2.10. The van der Waals surface area contributed by atoms with Gasteiger partial charge in [-0.25, -0.2) is 0 Å². The van der Waals surface area contributed by atoms with Crippen LogP contribution in [0.3, 0.4) is 0 Å². The van der Waals surface area contributed by atoms with E-state index in [9.17, 15) is 10.1 Å². The van der Waals surface area contributed by atoms with Crippen molar-refractivity contribution in [2.75, 3.05) is 26.7 Å². The molecule has 0 radical (unpaired) electrons. The summed E-state index contributed by atoms with van der Waals surface area (Å²) in [5.41, 5.74) is 0. The molecule has 100 valence electrons. The van der Waals surface area contributed by atoms with E-state index in [0.717, 1.165) is 30.9 Å². The Bertz CT molecular complexity index is 421. The highest BCUT2D eigenvalue weighted by molar-refractivity contribution is 7.15. The zero-order valence-electron chi connectivity index (χ0n) is 10.8. The van der Waals surface area contributed by atoms with Gasteiger partial charge in [-0.05, 0) is 45.1 Å². The van der Waals surface area contributed by atoms with Crippen LogP contribution in [0.15, 0.2) is 12.1 Å². The number of likely N-dealkylation sites (tertiary alicyclic amines) is 1. The van der Waals surface area contributed by atoms with Crippen LogP contribution < -0.4 is 5.32 Å². The molecule has 1 saturated heterocycles. The van der Waals surface area contributed by atoms with Crippen molar-refractivity contribution in [3.05, 3.63) is 27.1 Å². The first-order chi connectivity index (χ1) is 8.63. The zero-order chi connectivity index (χ0) is 13.1. The Morgan fingerprint density at radius 1 is 1.61 bits per heavy atom. The quantitative estimate of drug-likeness (QED) is 0.658. The molecule has 1 N–H and O–H groups in total. The Balaban J connectivity index is 2.14. The summed E-state index contributed by atoms with van der Waals surface area (Å²) in [4.78, 5) is 13.9. The van der Waals surface area contributed by atoms with Crippen LogP contribution in [0.25, 0.3) is 0 Å². The summed E-state index contributed by atoms with van der Waals surface area (Å²) in [6.45, 7) is 5.12. The maximum absolute atomic E-state index is 10.8. The lowest BCUT2D eigenvalue weighted by atomic mass is 9.99. The minimum atomic E-state index is -0.303. The van der Waals surface area contributed by atoms with Gasteiger partial charge in [0.15, 0.2) is 0 Å². The minimum Gasteiger partial charge on any atom is -0.317 e. The average Bonchev–Trinajstić information content (AvgIpc) is 2.93. The Morgan fingerprint density at radius 2 is 2.39 bits per heavy atom. The highest BCUT2D eigenvalue weighted by Crippen LogP contribution is 2.40. The molecule has 6 heteroatoms. The van der Waals surface area contributed by atoms with Crippen LogP contribution in [-0.4, -0.2) is 36.5 Å². The number of thiophene rings is 1. The number of nitro groups is 1. The summed E-state index contributed by atoms with van der Waals surface area (Å²) in [6.07, 6.45) is 1.15. The minimum absolute atomic E-state index is 0.243. The van der Waals surface area contributed by atoms with Gasteiger partial charge in [-0.3, -0.25) is 15.0 Å². The first kappa shape index (κ1) is 13.5. The Morgan fingerprint density at radius 3 is 3.00 bits per heavy atom. The lowest BCUT2D eigenvalue weighted by Crippen LogP contribution is -2.27. The second-order valence-electron chi connectivity index (χ2n) is 4.71. The van der Waals surface area contributed by atoms with E-state index < -0.39 is 0 Å². The van der Waals surface area contributed by atoms with Crippen LogP contribution in [0, 0.1) is 16.0 Å². The highest BCUT2D eigenvalue weighted by atomic mass is 32.1. The molecule has 0 aliphatic carbocycles. The molecule has 1 aliphatic rings. The average molecular weight is 269 g/mol. The van der Waals surface area contributed by atoms with E-state index in [1.165, 1.54) is 11.3 Å². The van der Waals surface area contributed by atoms with Gasteiger partial charge in [0, 0.05) is 17.0 Å². The van der Waals surface area contributed by atoms with Crippen LogP contribution in [0.1, 0.15) is 24.3 Å². The first-order valence-electron chi connectivity index (χ1n) is 6.28. The maximum atomic E-state index is 10.8. The number of nitrogens with one attached hydrogen (secondary N) is 1. The second-order valence-corrected chi connectivity index (χ2v) is 5.81. The molecule has 2 atom stereocenters. The smallest absolute Gasteiger partial charge is 0.317 e. The third kappa shape index (κ3) is 2.71. The summed E-state index contributed by atoms with van der Waals surface area (Å²) in [6, 6.07) is 3.85. The summed E-state index contributed by atoms with van der Waals surface area (Å²) >= 11 is 1.31. The third-order valence-electron chi connectivity index (χ3n) is 3.51. The second kappa shape index (κ2) is 5.77. The van der Waals surface area contributed by atoms with Crippen molar-refractivity contribution < 1.29 is 4.92 Å². The fourth-order valence-electron chi connectivity index (χ4n) is 2.62. The predicted octanol–water partition coefficient (Wildman–Crippen LogP) is 2.26. The molecule has 0 bridgehead atoms. The van der Waals surface area contributed by atoms with E-state index in [0.29, 0.717) is 12.0 Å². The van der Waals surface area contributed by atoms with Crippen LogP contribution in [-0.2, 0) is 0 Å². The monoisotopic (exact) mass is 269 g/mol. The van der Waals surface area contributed by atoms with E-state index in [2.05, 4.69) is 24.2 Å². The maximum Gasteiger partial charge on any atom is 0.324 e. The SMILES string of the molecule is CCNCC1CCN(C)C1c1ccc([N+](=O)[O-])s1. The van der Waals surface area contributed by atoms with Crippen molar-refractivity contribution in [1.29, 1.82) is 0 Å². The molecule has 1 aromatic heterocycles. The summed E-state index contributed by atoms with van der Waals surface area (Å²) in [5.74, 6) is 0.549. The van der Waals surface area contributed by atoms with Gasteiger partial charge in [0.2, 0.25) is 0 Å². The Labute approximate surface area is 111 Å². The number of hydrogen-bond donors (Lipinski definition) is 1. The molecule has 2 rings (SSSR count). The fourth-order valence-corrected chi connectivity index (χ4v) is 3.70. The van der Waals surface area contributed by atoms with Crippen molar-refractivity contribution in [2.24, 2.45) is 5.92 Å². The fraction of sp³-hybridized carbons (Fsp3) is 0.667. The summed E-state index contributed by atoms with van der Waals surface area (Å²) < 4.78 is 0. The van der Waals surface area contributed by atoms with Crippen LogP contribution >= 0.6 is 11.3 Å². The first-order valence-corrected chi connectivity index (χ1v) is 7.10. The molecule has 0 amide bonds. The van der Waals surface area contributed by atoms with Crippen molar-refractivity contribution in [3.63, 3.8) is 0 Å². The normalized spacial score (nSPS) is 24.6. The Kier molecular flexibility index (Phi) is 4.31. The van der Waals surface area contributed by atoms with Crippen LogP contribution in [0.5, 0.6) is 0 Å². The van der Waals surface area contributed by atoms with Crippen molar-refractivity contribution in [3.8, 4) is 0 Å². The standard InChI is InChI=1S/C12H19N3O2S/c1-3-13-8-9-6-7-14(2)12(9)10-4-5-11(18-10)15(16)17/h4-5,9,12-13H,3,6-8H2,1-2H3. The van der Waals surface area contributed by atoms with Gasteiger partial charge in [-0.1, -0.05) is 18.3 Å². The lowest BCUT2D eigenvalue weighted by Gasteiger charge is -2.23. The Hall–Kier alpha value is -0.980. The molecule has 0 saturated carbocycles. The number of hydrogen-bond acceptors (Lipinski definition) is 5. The molecule has 1 aliphatic heterocycles. The lowest BCUT2D eigenvalue weighted by molar-refractivity contribution is -0.380. The van der Waals surface area contributed by atoms with Crippen LogP contribution in [0.2, 0.25) is 0 Å². The number of nitrogens with zero attached hydrogens (tertiary/aromatic N) is 2. The zero-order valence-corrected chi connectivity index (χ0v) is 11.6. The molecule has 18 heavy (non-hydrogen) atoms. The highest BCUT2D eigenvalue weighted by Gasteiger charge is 2.34. The van der Waals surface area contributed by atoms with Crippen molar-refractivity contribution in [1.82, 2.24) is 10.2 Å². The van der Waals surface area contributed by atoms with E-state index >= 15 is 0 Å². The molecule has 1 aromatic rings. The van der Waals surface area contributed by atoms with Gasteiger partial charge >= 0.3 is 5.00 Å². The molecule has 0 aromatic carbocycles.